The number of ether oxygens (including phenoxy) is 1. The van der Waals surface area contributed by atoms with Crippen molar-refractivity contribution in [3.8, 4) is 11.1 Å². The number of amides is 2. The summed E-state index contributed by atoms with van der Waals surface area (Å²) < 4.78 is 5.59. The Morgan fingerprint density at radius 1 is 1.17 bits per heavy atom. The Morgan fingerprint density at radius 2 is 1.92 bits per heavy atom. The molecule has 0 radical (unpaired) electrons. The number of carbonyl (C=O) groups is 3. The second-order valence-electron chi connectivity index (χ2n) is 11.2. The molecular formula is C28H35N3O4S. The third-order valence-corrected chi connectivity index (χ3v) is 8.74. The maximum Gasteiger partial charge on any atom is 0.229 e. The maximum absolute atomic E-state index is 13.1. The fraction of sp³-hybridized carbons (Fsp3) is 0.536. The Labute approximate surface area is 216 Å². The fourth-order valence-electron chi connectivity index (χ4n) is 5.59. The summed E-state index contributed by atoms with van der Waals surface area (Å²) in [6.45, 7) is 11.6. The minimum Gasteiger partial charge on any atom is -0.378 e. The highest BCUT2D eigenvalue weighted by Gasteiger charge is 2.38. The van der Waals surface area contributed by atoms with E-state index in [1.165, 1.54) is 0 Å². The molecule has 2 fully saturated rings. The van der Waals surface area contributed by atoms with Crippen molar-refractivity contribution >= 4 is 39.6 Å². The van der Waals surface area contributed by atoms with Gasteiger partial charge in [0.25, 0.3) is 0 Å². The number of hydrogen-bond acceptors (Lipinski definition) is 6. The normalized spacial score (nSPS) is 21.8. The van der Waals surface area contributed by atoms with E-state index in [1.54, 1.807) is 16.2 Å². The van der Waals surface area contributed by atoms with Crippen LogP contribution in [0.4, 0.5) is 10.7 Å². The molecule has 36 heavy (non-hydrogen) atoms. The number of rotatable bonds is 5. The molecule has 5 rings (SSSR count). The van der Waals surface area contributed by atoms with Gasteiger partial charge in [0.15, 0.2) is 5.78 Å². The van der Waals surface area contributed by atoms with Gasteiger partial charge in [-0.3, -0.25) is 14.4 Å². The average molecular weight is 510 g/mol. The van der Waals surface area contributed by atoms with Crippen LogP contribution in [0.5, 0.6) is 0 Å². The van der Waals surface area contributed by atoms with Crippen LogP contribution < -0.4 is 10.2 Å². The molecule has 3 aliphatic rings. The van der Waals surface area contributed by atoms with Gasteiger partial charge in [-0.25, -0.2) is 0 Å². The molecule has 192 valence electrons. The van der Waals surface area contributed by atoms with E-state index < -0.39 is 0 Å². The molecule has 1 unspecified atom stereocenters. The van der Waals surface area contributed by atoms with Crippen LogP contribution in [0, 0.1) is 11.3 Å². The summed E-state index contributed by atoms with van der Waals surface area (Å²) in [6.07, 6.45) is 1.66. The summed E-state index contributed by atoms with van der Waals surface area (Å²) in [4.78, 5) is 43.4. The number of nitrogens with one attached hydrogen (secondary N) is 1. The monoisotopic (exact) mass is 509 g/mol. The number of ketones is 1. The van der Waals surface area contributed by atoms with E-state index >= 15 is 0 Å². The number of anilines is 2. The van der Waals surface area contributed by atoms with Crippen molar-refractivity contribution in [3.05, 3.63) is 34.7 Å². The molecule has 1 aliphatic carbocycles. The van der Waals surface area contributed by atoms with Gasteiger partial charge in [-0.1, -0.05) is 26.0 Å². The minimum absolute atomic E-state index is 0.0336. The molecule has 7 nitrogen and oxygen atoms in total. The topological polar surface area (TPSA) is 79.0 Å². The van der Waals surface area contributed by atoms with Gasteiger partial charge in [0, 0.05) is 49.8 Å². The van der Waals surface area contributed by atoms with Crippen molar-refractivity contribution in [2.75, 3.05) is 43.1 Å². The zero-order chi connectivity index (χ0) is 25.6. The van der Waals surface area contributed by atoms with Gasteiger partial charge in [-0.2, -0.15) is 0 Å². The quantitative estimate of drug-likeness (QED) is 0.637. The Morgan fingerprint density at radius 3 is 2.61 bits per heavy atom. The van der Waals surface area contributed by atoms with Gasteiger partial charge in [-0.05, 0) is 48.9 Å². The second-order valence-corrected chi connectivity index (χ2v) is 12.2. The van der Waals surface area contributed by atoms with E-state index in [4.69, 9.17) is 4.74 Å². The molecule has 1 aromatic heterocycles. The number of morpholine rings is 1. The number of thiophene rings is 1. The molecule has 2 aliphatic heterocycles. The van der Waals surface area contributed by atoms with Crippen molar-refractivity contribution in [2.45, 2.75) is 53.0 Å². The van der Waals surface area contributed by atoms with Crippen LogP contribution in [0.3, 0.4) is 0 Å². The molecule has 3 heterocycles. The summed E-state index contributed by atoms with van der Waals surface area (Å²) in [7, 11) is 0. The Kier molecular flexibility index (Phi) is 6.68. The summed E-state index contributed by atoms with van der Waals surface area (Å²) in [5.41, 5.74) is 3.85. The van der Waals surface area contributed by atoms with Crippen molar-refractivity contribution in [1.29, 1.82) is 0 Å². The second kappa shape index (κ2) is 9.63. The smallest absolute Gasteiger partial charge is 0.229 e. The molecule has 1 aromatic carbocycles. The van der Waals surface area contributed by atoms with Crippen molar-refractivity contribution in [1.82, 2.24) is 4.90 Å². The molecule has 1 N–H and O–H groups in total. The summed E-state index contributed by atoms with van der Waals surface area (Å²) in [5.74, 6) is -0.219. The highest BCUT2D eigenvalue weighted by atomic mass is 32.1. The van der Waals surface area contributed by atoms with E-state index in [-0.39, 0.29) is 41.4 Å². The molecule has 2 amide bonds. The van der Waals surface area contributed by atoms with Crippen LogP contribution in [-0.2, 0) is 20.7 Å². The van der Waals surface area contributed by atoms with Crippen LogP contribution >= 0.6 is 11.3 Å². The molecule has 8 heteroatoms. The highest BCUT2D eigenvalue weighted by molar-refractivity contribution is 7.19. The van der Waals surface area contributed by atoms with E-state index in [2.05, 4.69) is 30.1 Å². The number of benzene rings is 1. The van der Waals surface area contributed by atoms with E-state index in [1.807, 2.05) is 32.0 Å². The summed E-state index contributed by atoms with van der Waals surface area (Å²) in [5, 5.41) is 4.17. The largest absolute Gasteiger partial charge is 0.378 e. The highest BCUT2D eigenvalue weighted by Crippen LogP contribution is 2.49. The van der Waals surface area contributed by atoms with Crippen molar-refractivity contribution in [3.63, 3.8) is 0 Å². The van der Waals surface area contributed by atoms with E-state index in [0.29, 0.717) is 31.9 Å². The van der Waals surface area contributed by atoms with Gasteiger partial charge in [0.2, 0.25) is 11.8 Å². The lowest BCUT2D eigenvalue weighted by atomic mass is 9.75. The van der Waals surface area contributed by atoms with Crippen molar-refractivity contribution in [2.24, 2.45) is 11.3 Å². The molecule has 2 saturated heterocycles. The van der Waals surface area contributed by atoms with Gasteiger partial charge in [-0.15, -0.1) is 11.3 Å². The lowest BCUT2D eigenvalue weighted by Gasteiger charge is -2.30. The molecule has 1 atom stereocenters. The summed E-state index contributed by atoms with van der Waals surface area (Å²) in [6, 6.07) is 8.00. The van der Waals surface area contributed by atoms with Gasteiger partial charge < -0.3 is 19.9 Å². The Hall–Kier alpha value is -2.71. The van der Waals surface area contributed by atoms with Gasteiger partial charge >= 0.3 is 0 Å². The third kappa shape index (κ3) is 4.81. The average Bonchev–Trinajstić information content (AvgIpc) is 3.40. The lowest BCUT2D eigenvalue weighted by molar-refractivity contribution is -0.129. The van der Waals surface area contributed by atoms with Crippen LogP contribution in [0.25, 0.3) is 11.1 Å². The molecular weight excluding hydrogens is 474 g/mol. The number of carbonyl (C=O) groups excluding carboxylic acids is 3. The van der Waals surface area contributed by atoms with E-state index in [0.717, 1.165) is 46.1 Å². The molecule has 0 spiro atoms. The minimum atomic E-state index is -0.347. The first kappa shape index (κ1) is 25.0. The SMILES string of the molecule is CC(C)N1CC(C(=O)Nc2cccc(-c3c(N4CCOCC4)sc4c3CC(C)(C)CC4=O)c2)CC1=O. The summed E-state index contributed by atoms with van der Waals surface area (Å²) >= 11 is 1.61. The number of fused-ring (bicyclic) bond motifs is 1. The first-order chi connectivity index (χ1) is 17.1. The zero-order valence-electron chi connectivity index (χ0n) is 21.6. The fourth-order valence-corrected chi connectivity index (χ4v) is 6.92. The Bertz CT molecular complexity index is 1200. The Balaban J connectivity index is 1.47. The standard InChI is InChI=1S/C28H35N3O4S/c1-17(2)31-16-19(13-23(31)33)26(34)29-20-7-5-6-18(12-20)24-21-14-28(3,4)15-22(32)25(21)36-27(24)30-8-10-35-11-9-30/h5-7,12,17,19H,8-11,13-16H2,1-4H3,(H,29,34). The van der Waals surface area contributed by atoms with E-state index in [9.17, 15) is 14.4 Å². The molecule has 2 aromatic rings. The lowest BCUT2D eigenvalue weighted by Crippen LogP contribution is -2.36. The molecule has 0 bridgehead atoms. The predicted molar refractivity (Wildman–Crippen MR) is 143 cm³/mol. The number of nitrogens with zero attached hydrogens (tertiary/aromatic N) is 2. The van der Waals surface area contributed by atoms with Crippen molar-refractivity contribution < 1.29 is 19.1 Å². The maximum atomic E-state index is 13.1. The molecule has 0 saturated carbocycles. The first-order valence-corrected chi connectivity index (χ1v) is 13.7. The third-order valence-electron chi connectivity index (χ3n) is 7.41. The van der Waals surface area contributed by atoms with Crippen LogP contribution in [0.15, 0.2) is 24.3 Å². The predicted octanol–water partition coefficient (Wildman–Crippen LogP) is 4.60. The first-order valence-electron chi connectivity index (χ1n) is 12.9. The van der Waals surface area contributed by atoms with Crippen LogP contribution in [0.1, 0.15) is 55.8 Å². The van der Waals surface area contributed by atoms with Crippen LogP contribution in [-0.4, -0.2) is 61.4 Å². The van der Waals surface area contributed by atoms with Gasteiger partial charge in [0.1, 0.15) is 0 Å². The van der Waals surface area contributed by atoms with Gasteiger partial charge in [0.05, 0.1) is 29.0 Å². The van der Waals surface area contributed by atoms with Crippen LogP contribution in [0.2, 0.25) is 0 Å². The zero-order valence-corrected chi connectivity index (χ0v) is 22.4. The number of hydrogen-bond donors (Lipinski definition) is 1. The number of likely N-dealkylation sites (tertiary alicyclic amines) is 1. The number of Topliss-reactive ketones (excluding diaryl/α,β-unsaturated/α-hetero) is 1.